The standard InChI is InChI=1S/C33H46ClN3O6S2/c1-5-6-7-8-9-10-19-35-33(39)24(2)23-43-25(3)29-12-11-20-37(29)22-27-21-28(42-4)15-13-26(27)14-17-31(38)36-45(40,41)32-18-16-30(34)44-32/h13,15-16,18,21,23,29H,3,5-12,14,17,19-20,22H2,1-2,4H3,(H,35,39)(H,36,38)/b24-23+/t29-/m0/s1. The predicted octanol–water partition coefficient (Wildman–Crippen LogP) is 6.72. The first-order valence-corrected chi connectivity index (χ1v) is 18.2. The predicted molar refractivity (Wildman–Crippen MR) is 180 cm³/mol. The Morgan fingerprint density at radius 3 is 2.60 bits per heavy atom. The fourth-order valence-electron chi connectivity index (χ4n) is 5.20. The van der Waals surface area contributed by atoms with E-state index < -0.39 is 15.9 Å². The first kappa shape index (κ1) is 36.6. The summed E-state index contributed by atoms with van der Waals surface area (Å²) in [5.41, 5.74) is 2.37. The van der Waals surface area contributed by atoms with Gasteiger partial charge in [-0.05, 0) is 74.5 Å². The number of benzene rings is 1. The normalized spacial score (nSPS) is 15.6. The zero-order valence-electron chi connectivity index (χ0n) is 26.5. The Labute approximate surface area is 277 Å². The van der Waals surface area contributed by atoms with E-state index in [1.54, 1.807) is 14.0 Å². The van der Waals surface area contributed by atoms with Crippen LogP contribution in [0.3, 0.4) is 0 Å². The minimum Gasteiger partial charge on any atom is -0.497 e. The SMILES string of the molecule is C=C(O/C=C(\C)C(=O)NCCCCCCCC)[C@@H]1CCCN1Cc1cc(OC)ccc1CCC(=O)NS(=O)(=O)c1ccc(Cl)s1. The number of nitrogens with zero attached hydrogens (tertiary/aromatic N) is 1. The molecule has 0 radical (unpaired) electrons. The lowest BCUT2D eigenvalue weighted by molar-refractivity contribution is -0.119. The van der Waals surface area contributed by atoms with Crippen LogP contribution in [0.15, 0.2) is 58.7 Å². The van der Waals surface area contributed by atoms with Gasteiger partial charge in [0.1, 0.15) is 15.7 Å². The van der Waals surface area contributed by atoms with Crippen LogP contribution < -0.4 is 14.8 Å². The van der Waals surface area contributed by atoms with E-state index in [1.807, 2.05) is 18.2 Å². The molecule has 12 heteroatoms. The van der Waals surface area contributed by atoms with Gasteiger partial charge in [0.05, 0.1) is 23.8 Å². The highest BCUT2D eigenvalue weighted by Crippen LogP contribution is 2.29. The first-order valence-electron chi connectivity index (χ1n) is 15.5. The van der Waals surface area contributed by atoms with Crippen molar-refractivity contribution < 1.29 is 27.5 Å². The van der Waals surface area contributed by atoms with Crippen LogP contribution in [0.1, 0.15) is 82.8 Å². The van der Waals surface area contributed by atoms with Crippen molar-refractivity contribution in [1.82, 2.24) is 14.9 Å². The highest BCUT2D eigenvalue weighted by molar-refractivity contribution is 7.92. The van der Waals surface area contributed by atoms with E-state index in [2.05, 4.69) is 28.4 Å². The molecule has 3 rings (SSSR count). The quantitative estimate of drug-likeness (QED) is 0.0962. The van der Waals surface area contributed by atoms with Crippen LogP contribution in [0.25, 0.3) is 0 Å². The molecule has 1 aliphatic heterocycles. The molecule has 0 spiro atoms. The number of carbonyl (C=O) groups is 2. The second-order valence-corrected chi connectivity index (χ2v) is 14.9. The van der Waals surface area contributed by atoms with Gasteiger partial charge in [0.15, 0.2) is 0 Å². The van der Waals surface area contributed by atoms with Gasteiger partial charge in [-0.25, -0.2) is 13.1 Å². The molecule has 248 valence electrons. The Morgan fingerprint density at radius 2 is 1.89 bits per heavy atom. The molecule has 2 aromatic rings. The van der Waals surface area contributed by atoms with Gasteiger partial charge in [-0.3, -0.25) is 14.5 Å². The number of hydrogen-bond donors (Lipinski definition) is 2. The number of halogens is 1. The van der Waals surface area contributed by atoms with Crippen LogP contribution in [-0.2, 0) is 37.3 Å². The van der Waals surface area contributed by atoms with E-state index in [0.29, 0.717) is 40.9 Å². The van der Waals surface area contributed by atoms with Crippen molar-refractivity contribution in [2.45, 2.75) is 94.9 Å². The van der Waals surface area contributed by atoms with Crippen molar-refractivity contribution in [3.8, 4) is 5.75 Å². The smallest absolute Gasteiger partial charge is 0.273 e. The molecule has 1 aliphatic rings. The third kappa shape index (κ3) is 11.8. The van der Waals surface area contributed by atoms with Crippen LogP contribution >= 0.6 is 22.9 Å². The number of rotatable bonds is 19. The molecule has 0 saturated carbocycles. The highest BCUT2D eigenvalue weighted by Gasteiger charge is 2.29. The Bertz CT molecular complexity index is 1440. The number of amides is 2. The van der Waals surface area contributed by atoms with Crippen LogP contribution in [-0.4, -0.2) is 51.4 Å². The van der Waals surface area contributed by atoms with Crippen LogP contribution in [0.4, 0.5) is 0 Å². The molecule has 2 amide bonds. The number of carbonyl (C=O) groups excluding carboxylic acids is 2. The van der Waals surface area contributed by atoms with E-state index in [0.717, 1.165) is 54.7 Å². The van der Waals surface area contributed by atoms with Crippen molar-refractivity contribution in [1.29, 1.82) is 0 Å². The monoisotopic (exact) mass is 679 g/mol. The summed E-state index contributed by atoms with van der Waals surface area (Å²) in [7, 11) is -2.38. The molecule has 0 aliphatic carbocycles. The van der Waals surface area contributed by atoms with Crippen molar-refractivity contribution in [2.75, 3.05) is 20.2 Å². The third-order valence-corrected chi connectivity index (χ3v) is 10.9. The van der Waals surface area contributed by atoms with E-state index >= 15 is 0 Å². The summed E-state index contributed by atoms with van der Waals surface area (Å²) in [5.74, 6) is 0.516. The largest absolute Gasteiger partial charge is 0.497 e. The zero-order valence-corrected chi connectivity index (χ0v) is 28.9. The summed E-state index contributed by atoms with van der Waals surface area (Å²) >= 11 is 6.75. The minimum atomic E-state index is -3.97. The molecule has 1 aromatic carbocycles. The fraction of sp³-hybridized carbons (Fsp3) is 0.515. The Morgan fingerprint density at radius 1 is 1.13 bits per heavy atom. The summed E-state index contributed by atoms with van der Waals surface area (Å²) in [6.45, 7) is 10.1. The van der Waals surface area contributed by atoms with E-state index in [1.165, 1.54) is 44.1 Å². The number of ether oxygens (including phenoxy) is 2. The van der Waals surface area contributed by atoms with Gasteiger partial charge >= 0.3 is 0 Å². The maximum Gasteiger partial charge on any atom is 0.273 e. The van der Waals surface area contributed by atoms with Crippen LogP contribution in [0.5, 0.6) is 5.75 Å². The van der Waals surface area contributed by atoms with E-state index in [4.69, 9.17) is 21.1 Å². The van der Waals surface area contributed by atoms with Crippen molar-refractivity contribution in [2.24, 2.45) is 0 Å². The number of sulfonamides is 1. The number of thiophene rings is 1. The first-order chi connectivity index (χ1) is 21.5. The highest BCUT2D eigenvalue weighted by atomic mass is 35.5. The number of methoxy groups -OCH3 is 1. The molecule has 2 heterocycles. The molecular weight excluding hydrogens is 634 g/mol. The number of aryl methyl sites for hydroxylation is 1. The molecule has 1 aromatic heterocycles. The van der Waals surface area contributed by atoms with Gasteiger partial charge in [0.25, 0.3) is 10.0 Å². The summed E-state index contributed by atoms with van der Waals surface area (Å²) in [5, 5.41) is 2.96. The average molecular weight is 680 g/mol. The molecule has 9 nitrogen and oxygen atoms in total. The summed E-state index contributed by atoms with van der Waals surface area (Å²) in [6, 6.07) is 8.47. The van der Waals surface area contributed by atoms with Gasteiger partial charge in [0.2, 0.25) is 11.8 Å². The van der Waals surface area contributed by atoms with Gasteiger partial charge in [-0.1, -0.05) is 63.3 Å². The maximum absolute atomic E-state index is 12.6. The molecule has 1 atom stereocenters. The van der Waals surface area contributed by atoms with Gasteiger partial charge in [-0.2, -0.15) is 0 Å². The number of nitrogens with one attached hydrogen (secondary N) is 2. The van der Waals surface area contributed by atoms with Gasteiger partial charge in [0, 0.05) is 25.1 Å². The minimum absolute atomic E-state index is 0.00709. The fourth-order valence-corrected chi connectivity index (χ4v) is 7.70. The second-order valence-electron chi connectivity index (χ2n) is 11.3. The lowest BCUT2D eigenvalue weighted by atomic mass is 10.0. The topological polar surface area (TPSA) is 114 Å². The van der Waals surface area contributed by atoms with Crippen molar-refractivity contribution in [3.05, 3.63) is 70.0 Å². The van der Waals surface area contributed by atoms with Gasteiger partial charge < -0.3 is 14.8 Å². The second kappa shape index (κ2) is 18.3. The lowest BCUT2D eigenvalue weighted by Crippen LogP contribution is -2.32. The summed E-state index contributed by atoms with van der Waals surface area (Å²) < 4.78 is 38.9. The number of unbranched alkanes of at least 4 members (excludes halogenated alkanes) is 5. The Kier molecular flexibility index (Phi) is 14.9. The molecule has 0 bridgehead atoms. The van der Waals surface area contributed by atoms with E-state index in [-0.39, 0.29) is 22.6 Å². The number of likely N-dealkylation sites (tertiary alicyclic amines) is 1. The average Bonchev–Trinajstić information content (AvgIpc) is 3.67. The summed E-state index contributed by atoms with van der Waals surface area (Å²) in [4.78, 5) is 27.4. The number of hydrogen-bond acceptors (Lipinski definition) is 8. The molecule has 45 heavy (non-hydrogen) atoms. The third-order valence-electron chi connectivity index (χ3n) is 7.77. The van der Waals surface area contributed by atoms with Crippen molar-refractivity contribution in [3.63, 3.8) is 0 Å². The Balaban J connectivity index is 1.56. The molecule has 1 fully saturated rings. The maximum atomic E-state index is 12.6. The zero-order chi connectivity index (χ0) is 32.8. The molecule has 0 unspecified atom stereocenters. The summed E-state index contributed by atoms with van der Waals surface area (Å²) in [6.07, 6.45) is 10.6. The van der Waals surface area contributed by atoms with E-state index in [9.17, 15) is 18.0 Å². The molecular formula is C33H46ClN3O6S2. The van der Waals surface area contributed by atoms with Crippen molar-refractivity contribution >= 4 is 44.8 Å². The molecule has 2 N–H and O–H groups in total. The van der Waals surface area contributed by atoms with Gasteiger partial charge in [-0.15, -0.1) is 11.3 Å². The lowest BCUT2D eigenvalue weighted by Gasteiger charge is -2.26. The van der Waals surface area contributed by atoms with Crippen LogP contribution in [0.2, 0.25) is 4.34 Å². The van der Waals surface area contributed by atoms with Crippen LogP contribution in [0, 0.1) is 0 Å². The molecule has 1 saturated heterocycles. The Hall–Kier alpha value is -2.86.